The van der Waals surface area contributed by atoms with Crippen molar-refractivity contribution in [3.63, 3.8) is 0 Å². The minimum absolute atomic E-state index is 0.0218. The number of anilines is 1. The van der Waals surface area contributed by atoms with E-state index in [1.165, 1.54) is 5.57 Å². The monoisotopic (exact) mass is 547 g/mol. The first-order chi connectivity index (χ1) is 18.7. The van der Waals surface area contributed by atoms with Gasteiger partial charge < -0.3 is 20.1 Å². The number of pyridine rings is 1. The van der Waals surface area contributed by atoms with Crippen LogP contribution in [0.25, 0.3) is 5.57 Å². The van der Waals surface area contributed by atoms with E-state index in [9.17, 15) is 23.1 Å². The van der Waals surface area contributed by atoms with Crippen molar-refractivity contribution >= 4 is 17.3 Å². The van der Waals surface area contributed by atoms with Gasteiger partial charge >= 0.3 is 6.18 Å². The molecule has 5 heterocycles. The Hall–Kier alpha value is -3.13. The van der Waals surface area contributed by atoms with E-state index in [0.717, 1.165) is 22.6 Å². The number of ether oxygens (including phenoxy) is 1. The lowest BCUT2D eigenvalue weighted by molar-refractivity contribution is -0.243. The van der Waals surface area contributed by atoms with Crippen LogP contribution < -0.4 is 26.5 Å². The Balaban J connectivity index is 1.15. The number of β-amino-alcohol motifs (C(OH)–C–C–N with tert-alkyl or cyclic N) is 1. The van der Waals surface area contributed by atoms with Crippen LogP contribution in [0.4, 0.5) is 19.0 Å². The van der Waals surface area contributed by atoms with Crippen LogP contribution >= 0.6 is 0 Å². The molecule has 1 saturated carbocycles. The van der Waals surface area contributed by atoms with Crippen molar-refractivity contribution in [2.45, 2.75) is 57.1 Å². The molecule has 5 N–H and O–H groups in total. The van der Waals surface area contributed by atoms with Gasteiger partial charge in [0.2, 0.25) is 5.91 Å². The van der Waals surface area contributed by atoms with E-state index in [2.05, 4.69) is 26.6 Å². The van der Waals surface area contributed by atoms with Crippen LogP contribution in [0.15, 0.2) is 47.6 Å². The Morgan fingerprint density at radius 2 is 2.15 bits per heavy atom. The van der Waals surface area contributed by atoms with Crippen molar-refractivity contribution in [3.05, 3.63) is 53.2 Å². The Kier molecular flexibility index (Phi) is 6.57. The molecule has 3 atom stereocenters. The molecule has 39 heavy (non-hydrogen) atoms. The number of aliphatic hydroxyl groups excluding tert-OH is 1. The normalized spacial score (nSPS) is 27.9. The lowest BCUT2D eigenvalue weighted by Crippen LogP contribution is -2.61. The van der Waals surface area contributed by atoms with E-state index >= 15 is 0 Å². The molecule has 2 saturated heterocycles. The third-order valence-electron chi connectivity index (χ3n) is 8.26. The maximum atomic E-state index is 13.5. The molecule has 0 bridgehead atoms. The summed E-state index contributed by atoms with van der Waals surface area (Å²) in [6, 6.07) is 3.09. The largest absolute Gasteiger partial charge is 0.492 e. The molecular weight excluding hydrogens is 515 g/mol. The van der Waals surface area contributed by atoms with E-state index in [1.807, 2.05) is 41.2 Å². The number of hydrogen-bond acceptors (Lipinski definition) is 9. The molecule has 1 aromatic rings. The zero-order chi connectivity index (χ0) is 27.4. The second-order valence-electron chi connectivity index (χ2n) is 10.5. The lowest BCUT2D eigenvalue weighted by atomic mass is 9.67. The summed E-state index contributed by atoms with van der Waals surface area (Å²) in [6.07, 6.45) is 0.344. The van der Waals surface area contributed by atoms with Gasteiger partial charge in [0.25, 0.3) is 0 Å². The number of aliphatic hydroxyl groups is 1. The fraction of sp³-hybridized carbons (Fsp3) is 0.538. The fourth-order valence-electron chi connectivity index (χ4n) is 5.89. The van der Waals surface area contributed by atoms with Gasteiger partial charge in [0.15, 0.2) is 0 Å². The molecule has 4 aliphatic heterocycles. The van der Waals surface area contributed by atoms with Crippen molar-refractivity contribution in [2.75, 3.05) is 31.1 Å². The summed E-state index contributed by atoms with van der Waals surface area (Å²) >= 11 is 0. The molecule has 6 rings (SSSR count). The van der Waals surface area contributed by atoms with E-state index in [1.54, 1.807) is 6.20 Å². The van der Waals surface area contributed by atoms with E-state index < -0.39 is 29.6 Å². The van der Waals surface area contributed by atoms with Crippen LogP contribution in [0.5, 0.6) is 0 Å². The molecular formula is C26H32F3N7O3. The number of halogens is 3. The molecule has 0 aromatic carbocycles. The van der Waals surface area contributed by atoms with Gasteiger partial charge in [-0.15, -0.1) is 0 Å². The van der Waals surface area contributed by atoms with Crippen LogP contribution in [-0.2, 0) is 9.53 Å². The summed E-state index contributed by atoms with van der Waals surface area (Å²) < 4.78 is 46.4. The van der Waals surface area contributed by atoms with E-state index in [0.29, 0.717) is 38.4 Å². The molecule has 0 radical (unpaired) electrons. The second-order valence-corrected chi connectivity index (χ2v) is 10.5. The van der Waals surface area contributed by atoms with Crippen LogP contribution in [0, 0.1) is 5.41 Å². The molecule has 3 fully saturated rings. The SMILES string of the molecule is CCOC1=CN2NC3NNCC3=C2C(c2ccc(N3CC[C@H](NC(=O)C4(C(F)(F)F)CCC4)[C@H](O)C3)nc2)=C1. The van der Waals surface area contributed by atoms with E-state index in [-0.39, 0.29) is 25.6 Å². The van der Waals surface area contributed by atoms with Gasteiger partial charge in [-0.05, 0) is 44.4 Å². The highest BCUT2D eigenvalue weighted by atomic mass is 19.4. The maximum absolute atomic E-state index is 13.5. The minimum Gasteiger partial charge on any atom is -0.492 e. The number of carbonyl (C=O) groups is 1. The highest BCUT2D eigenvalue weighted by Crippen LogP contribution is 2.53. The van der Waals surface area contributed by atoms with Crippen LogP contribution in [0.1, 0.15) is 38.2 Å². The summed E-state index contributed by atoms with van der Waals surface area (Å²) in [6.45, 7) is 3.76. The predicted octanol–water partition coefficient (Wildman–Crippen LogP) is 1.65. The minimum atomic E-state index is -4.59. The molecule has 1 amide bonds. The number of piperidine rings is 1. The Morgan fingerprint density at radius 3 is 2.79 bits per heavy atom. The molecule has 0 spiro atoms. The number of hydrogen-bond donors (Lipinski definition) is 5. The van der Waals surface area contributed by atoms with Crippen molar-refractivity contribution in [1.29, 1.82) is 0 Å². The first-order valence-electron chi connectivity index (χ1n) is 13.3. The number of fused-ring (bicyclic) bond motifs is 2. The molecule has 10 nitrogen and oxygen atoms in total. The topological polar surface area (TPSA) is 114 Å². The number of carbonyl (C=O) groups excluding carboxylic acids is 1. The summed E-state index contributed by atoms with van der Waals surface area (Å²) in [4.78, 5) is 19.1. The first-order valence-corrected chi connectivity index (χ1v) is 13.3. The molecule has 1 aromatic heterocycles. The summed E-state index contributed by atoms with van der Waals surface area (Å²) in [5.74, 6) is 0.345. The number of alkyl halides is 3. The van der Waals surface area contributed by atoms with Crippen molar-refractivity contribution < 1.29 is 27.8 Å². The molecule has 13 heteroatoms. The number of aromatic nitrogens is 1. The highest BCUT2D eigenvalue weighted by Gasteiger charge is 2.63. The van der Waals surface area contributed by atoms with Crippen LogP contribution in [-0.4, -0.2) is 71.7 Å². The smallest absolute Gasteiger partial charge is 0.403 e. The van der Waals surface area contributed by atoms with Crippen LogP contribution in [0.3, 0.4) is 0 Å². The molecule has 5 aliphatic rings. The summed E-state index contributed by atoms with van der Waals surface area (Å²) in [5, 5.41) is 15.2. The maximum Gasteiger partial charge on any atom is 0.403 e. The Morgan fingerprint density at radius 1 is 1.33 bits per heavy atom. The van der Waals surface area contributed by atoms with Crippen molar-refractivity contribution in [2.24, 2.45) is 5.41 Å². The number of allylic oxidation sites excluding steroid dienone is 2. The number of hydrazine groups is 2. The third kappa shape index (κ3) is 4.46. The van der Waals surface area contributed by atoms with Gasteiger partial charge in [0, 0.05) is 42.5 Å². The number of rotatable bonds is 6. The average molecular weight is 548 g/mol. The standard InChI is InChI=1S/C26H32F3N7O3/c1-2-39-16-10-17(22-18-12-31-33-23(18)34-36(22)13-16)15-4-5-21(30-11-15)35-9-6-19(20(37)14-35)32-24(38)25(7-3-8-25)26(27,28)29/h4-5,10-11,13,19-20,23,31,33-34,37H,2-3,6-9,12,14H2,1H3,(H,32,38)/t19-,20+,23?/m0/s1. The zero-order valence-electron chi connectivity index (χ0n) is 21.5. The van der Waals surface area contributed by atoms with Crippen LogP contribution in [0.2, 0.25) is 0 Å². The predicted molar refractivity (Wildman–Crippen MR) is 136 cm³/mol. The summed E-state index contributed by atoms with van der Waals surface area (Å²) in [5.41, 5.74) is 11.5. The zero-order valence-corrected chi connectivity index (χ0v) is 21.5. The lowest BCUT2D eigenvalue weighted by Gasteiger charge is -2.44. The van der Waals surface area contributed by atoms with Crippen molar-refractivity contribution in [3.8, 4) is 0 Å². The third-order valence-corrected chi connectivity index (χ3v) is 8.26. The molecule has 1 aliphatic carbocycles. The number of amides is 1. The fourth-order valence-corrected chi connectivity index (χ4v) is 5.89. The Bertz CT molecular complexity index is 1230. The number of nitrogens with zero attached hydrogens (tertiary/aromatic N) is 3. The molecule has 1 unspecified atom stereocenters. The molecule has 210 valence electrons. The first kappa shape index (κ1) is 26.1. The van der Waals surface area contributed by atoms with Gasteiger partial charge in [-0.3, -0.25) is 15.2 Å². The number of nitrogens with one attached hydrogen (secondary N) is 4. The van der Waals surface area contributed by atoms with Gasteiger partial charge in [0.1, 0.15) is 23.2 Å². The van der Waals surface area contributed by atoms with Gasteiger partial charge in [-0.1, -0.05) is 6.42 Å². The van der Waals surface area contributed by atoms with Crippen molar-refractivity contribution in [1.82, 2.24) is 31.6 Å². The van der Waals surface area contributed by atoms with Gasteiger partial charge in [-0.25, -0.2) is 15.8 Å². The average Bonchev–Trinajstić information content (AvgIpc) is 3.45. The van der Waals surface area contributed by atoms with E-state index in [4.69, 9.17) is 4.74 Å². The van der Waals surface area contributed by atoms with Gasteiger partial charge in [0.05, 0.1) is 30.6 Å². The highest BCUT2D eigenvalue weighted by molar-refractivity contribution is 5.85. The van der Waals surface area contributed by atoms with Gasteiger partial charge in [-0.2, -0.15) is 13.2 Å². The second kappa shape index (κ2) is 9.81. The quantitative estimate of drug-likeness (QED) is 0.363. The summed E-state index contributed by atoms with van der Waals surface area (Å²) in [7, 11) is 0. The Labute approximate surface area is 223 Å².